The zero-order valence-corrected chi connectivity index (χ0v) is 18.7. The molecule has 0 radical (unpaired) electrons. The van der Waals surface area contributed by atoms with Crippen LogP contribution in [0.25, 0.3) is 0 Å². The van der Waals surface area contributed by atoms with E-state index in [9.17, 15) is 9.59 Å². The first-order valence-corrected chi connectivity index (χ1v) is 10.7. The average molecular weight is 457 g/mol. The highest BCUT2D eigenvalue weighted by Gasteiger charge is 2.47. The van der Waals surface area contributed by atoms with E-state index in [1.807, 2.05) is 37.3 Å². The predicted molar refractivity (Wildman–Crippen MR) is 120 cm³/mol. The van der Waals surface area contributed by atoms with E-state index < -0.39 is 5.54 Å². The van der Waals surface area contributed by atoms with Crippen molar-refractivity contribution in [2.45, 2.75) is 39.0 Å². The second kappa shape index (κ2) is 8.36. The number of hydrogen-bond donors (Lipinski definition) is 1. The molecule has 0 fully saturated rings. The van der Waals surface area contributed by atoms with E-state index in [1.54, 1.807) is 40.8 Å². The van der Waals surface area contributed by atoms with Gasteiger partial charge in [-0.1, -0.05) is 53.5 Å². The van der Waals surface area contributed by atoms with E-state index in [2.05, 4.69) is 10.4 Å². The number of nitrogens with zero attached hydrogens (tertiary/aromatic N) is 3. The first-order chi connectivity index (χ1) is 14.8. The Bertz CT molecular complexity index is 1140. The minimum Gasteiger partial charge on any atom is -0.350 e. The maximum Gasteiger partial charge on any atom is 0.273 e. The smallest absolute Gasteiger partial charge is 0.273 e. The van der Waals surface area contributed by atoms with Gasteiger partial charge in [-0.05, 0) is 49.2 Å². The molecule has 0 spiro atoms. The molecule has 6 nitrogen and oxygen atoms in total. The van der Waals surface area contributed by atoms with Gasteiger partial charge in [-0.3, -0.25) is 14.3 Å². The predicted octanol–water partition coefficient (Wildman–Crippen LogP) is 4.23. The Kier molecular flexibility index (Phi) is 5.77. The number of nitrogens with one attached hydrogen (secondary N) is 1. The van der Waals surface area contributed by atoms with Crippen molar-refractivity contribution in [3.05, 3.63) is 87.2 Å². The van der Waals surface area contributed by atoms with Gasteiger partial charge in [0.1, 0.15) is 11.2 Å². The lowest BCUT2D eigenvalue weighted by molar-refractivity contribution is -0.133. The number of aromatic nitrogens is 2. The van der Waals surface area contributed by atoms with Crippen LogP contribution in [0.2, 0.25) is 10.0 Å². The molecule has 8 heteroatoms. The molecule has 1 aromatic heterocycles. The molecule has 1 aliphatic heterocycles. The summed E-state index contributed by atoms with van der Waals surface area (Å²) < 4.78 is 1.61. The van der Waals surface area contributed by atoms with Crippen molar-refractivity contribution in [1.29, 1.82) is 0 Å². The normalized spacial score (nSPS) is 18.1. The highest BCUT2D eigenvalue weighted by molar-refractivity contribution is 6.31. The molecule has 0 aliphatic carbocycles. The number of halogens is 2. The fourth-order valence-corrected chi connectivity index (χ4v) is 4.11. The van der Waals surface area contributed by atoms with Gasteiger partial charge in [0.2, 0.25) is 5.91 Å². The molecule has 2 aromatic carbocycles. The summed E-state index contributed by atoms with van der Waals surface area (Å²) in [6, 6.07) is 16.3. The van der Waals surface area contributed by atoms with Gasteiger partial charge in [-0.25, -0.2) is 0 Å². The Morgan fingerprint density at radius 3 is 2.58 bits per heavy atom. The maximum atomic E-state index is 13.4. The minimum atomic E-state index is -1.14. The first-order valence-electron chi connectivity index (χ1n) is 9.90. The molecule has 2 amide bonds. The van der Waals surface area contributed by atoms with Crippen LogP contribution in [0.15, 0.2) is 54.6 Å². The van der Waals surface area contributed by atoms with E-state index in [4.69, 9.17) is 23.2 Å². The molecule has 2 heterocycles. The molecule has 31 heavy (non-hydrogen) atoms. The molecule has 0 saturated carbocycles. The van der Waals surface area contributed by atoms with Gasteiger partial charge >= 0.3 is 0 Å². The van der Waals surface area contributed by atoms with Crippen LogP contribution in [0.5, 0.6) is 0 Å². The second-order valence-corrected chi connectivity index (χ2v) is 8.74. The van der Waals surface area contributed by atoms with Gasteiger partial charge in [0.25, 0.3) is 5.91 Å². The summed E-state index contributed by atoms with van der Waals surface area (Å²) in [7, 11) is 0. The van der Waals surface area contributed by atoms with Gasteiger partial charge in [-0.15, -0.1) is 0 Å². The molecular weight excluding hydrogens is 435 g/mol. The number of rotatable bonds is 5. The highest BCUT2D eigenvalue weighted by atomic mass is 35.5. The van der Waals surface area contributed by atoms with E-state index in [-0.39, 0.29) is 24.9 Å². The number of carbonyl (C=O) groups excluding carboxylic acids is 2. The fraction of sp³-hybridized carbons (Fsp3) is 0.261. The Labute approximate surface area is 190 Å². The van der Waals surface area contributed by atoms with Crippen LogP contribution in [0.3, 0.4) is 0 Å². The topological polar surface area (TPSA) is 67.2 Å². The summed E-state index contributed by atoms with van der Waals surface area (Å²) in [4.78, 5) is 28.4. The Balaban J connectivity index is 1.65. The number of aryl methyl sites for hydroxylation is 1. The molecule has 160 valence electrons. The quantitative estimate of drug-likeness (QED) is 0.624. The third-order valence-corrected chi connectivity index (χ3v) is 6.18. The number of fused-ring (bicyclic) bond motifs is 1. The first kappa shape index (κ1) is 21.4. The Hall–Kier alpha value is -2.83. The van der Waals surface area contributed by atoms with Crippen molar-refractivity contribution in [3.63, 3.8) is 0 Å². The number of carbonyl (C=O) groups is 2. The van der Waals surface area contributed by atoms with E-state index in [0.717, 1.165) is 16.8 Å². The van der Waals surface area contributed by atoms with Gasteiger partial charge in [0.05, 0.1) is 12.2 Å². The van der Waals surface area contributed by atoms with Crippen molar-refractivity contribution in [3.8, 4) is 0 Å². The molecule has 1 N–H and O–H groups in total. The summed E-state index contributed by atoms with van der Waals surface area (Å²) in [5.41, 5.74) is 1.74. The summed E-state index contributed by atoms with van der Waals surface area (Å²) >= 11 is 12.3. The molecular formula is C23H22Cl2N4O2. The van der Waals surface area contributed by atoms with Gasteiger partial charge in [-0.2, -0.15) is 5.10 Å². The summed E-state index contributed by atoms with van der Waals surface area (Å²) in [5, 5.41) is 8.56. The molecule has 1 atom stereocenters. The average Bonchev–Trinajstić information content (AvgIpc) is 3.11. The van der Waals surface area contributed by atoms with E-state index in [0.29, 0.717) is 22.3 Å². The molecule has 3 aromatic rings. The molecule has 0 bridgehead atoms. The fourth-order valence-electron chi connectivity index (χ4n) is 3.79. The minimum absolute atomic E-state index is 0.216. The van der Waals surface area contributed by atoms with Gasteiger partial charge in [0, 0.05) is 23.1 Å². The Morgan fingerprint density at radius 1 is 1.16 bits per heavy atom. The third kappa shape index (κ3) is 4.18. The molecule has 4 rings (SSSR count). The lowest BCUT2D eigenvalue weighted by Gasteiger charge is -2.43. The summed E-state index contributed by atoms with van der Waals surface area (Å²) in [6.07, 6.45) is 0. The zero-order valence-electron chi connectivity index (χ0n) is 17.2. The summed E-state index contributed by atoms with van der Waals surface area (Å²) in [5.74, 6) is -0.516. The van der Waals surface area contributed by atoms with Crippen molar-refractivity contribution < 1.29 is 9.59 Å². The number of benzene rings is 2. The van der Waals surface area contributed by atoms with Gasteiger partial charge < -0.3 is 10.2 Å². The van der Waals surface area contributed by atoms with Crippen LogP contribution < -0.4 is 5.32 Å². The largest absolute Gasteiger partial charge is 0.350 e. The molecule has 0 saturated heterocycles. The standard InChI is InChI=1S/C23H22Cl2N4O2/c1-15-11-20-21(30)28(13-17-5-3-4-6-19(17)25)23(2,14-29(20)27-15)22(31)26-12-16-7-9-18(24)10-8-16/h3-11H,12-14H2,1-2H3,(H,26,31). The summed E-state index contributed by atoms with van der Waals surface area (Å²) in [6.45, 7) is 4.38. The van der Waals surface area contributed by atoms with E-state index >= 15 is 0 Å². The van der Waals surface area contributed by atoms with Crippen molar-refractivity contribution in [2.75, 3.05) is 0 Å². The monoisotopic (exact) mass is 456 g/mol. The molecule has 1 unspecified atom stereocenters. The van der Waals surface area contributed by atoms with Crippen LogP contribution in [0.1, 0.15) is 34.2 Å². The maximum absolute atomic E-state index is 13.4. The van der Waals surface area contributed by atoms with Crippen LogP contribution in [0.4, 0.5) is 0 Å². The third-order valence-electron chi connectivity index (χ3n) is 5.56. The highest BCUT2D eigenvalue weighted by Crippen LogP contribution is 2.31. The van der Waals surface area contributed by atoms with Crippen molar-refractivity contribution >= 4 is 35.0 Å². The van der Waals surface area contributed by atoms with E-state index in [1.165, 1.54) is 0 Å². The van der Waals surface area contributed by atoms with Crippen LogP contribution in [-0.4, -0.2) is 32.0 Å². The van der Waals surface area contributed by atoms with Crippen molar-refractivity contribution in [1.82, 2.24) is 20.0 Å². The second-order valence-electron chi connectivity index (χ2n) is 7.89. The molecule has 1 aliphatic rings. The number of hydrogen-bond acceptors (Lipinski definition) is 3. The van der Waals surface area contributed by atoms with Crippen molar-refractivity contribution in [2.24, 2.45) is 0 Å². The Morgan fingerprint density at radius 2 is 1.87 bits per heavy atom. The van der Waals surface area contributed by atoms with Crippen LogP contribution in [-0.2, 0) is 24.4 Å². The SMILES string of the molecule is Cc1cc2n(n1)CC(C)(C(=O)NCc1ccc(Cl)cc1)N(Cc1ccccc1Cl)C2=O. The lowest BCUT2D eigenvalue weighted by atomic mass is 9.94. The van der Waals surface area contributed by atoms with Crippen LogP contribution in [0, 0.1) is 6.92 Å². The lowest BCUT2D eigenvalue weighted by Crippen LogP contribution is -2.63. The van der Waals surface area contributed by atoms with Crippen LogP contribution >= 0.6 is 23.2 Å². The number of amides is 2. The van der Waals surface area contributed by atoms with Gasteiger partial charge in [0.15, 0.2) is 0 Å². The zero-order chi connectivity index (χ0) is 22.2.